The summed E-state index contributed by atoms with van der Waals surface area (Å²) in [6, 6.07) is 6.26. The van der Waals surface area contributed by atoms with Crippen LogP contribution in [0.15, 0.2) is 35.5 Å². The van der Waals surface area contributed by atoms with Crippen LogP contribution in [-0.2, 0) is 9.53 Å². The first kappa shape index (κ1) is 18.7. The molecule has 1 N–H and O–H groups in total. The predicted octanol–water partition coefficient (Wildman–Crippen LogP) is 3.61. The predicted molar refractivity (Wildman–Crippen MR) is 97.1 cm³/mol. The van der Waals surface area contributed by atoms with Gasteiger partial charge in [-0.25, -0.2) is 9.59 Å². The number of halogens is 1. The van der Waals surface area contributed by atoms with Crippen molar-refractivity contribution in [2.24, 2.45) is 0 Å². The van der Waals surface area contributed by atoms with Crippen LogP contribution in [-0.4, -0.2) is 42.1 Å². The van der Waals surface area contributed by atoms with E-state index >= 15 is 0 Å². The molecule has 24 heavy (non-hydrogen) atoms. The highest BCUT2D eigenvalue weighted by atomic mass is 35.5. The van der Waals surface area contributed by atoms with E-state index in [4.69, 9.17) is 16.3 Å². The molecule has 1 aromatic carbocycles. The van der Waals surface area contributed by atoms with E-state index < -0.39 is 12.0 Å². The molecule has 2 rings (SSSR count). The number of amides is 2. The van der Waals surface area contributed by atoms with Crippen molar-refractivity contribution in [2.45, 2.75) is 19.9 Å². The van der Waals surface area contributed by atoms with Gasteiger partial charge in [0.2, 0.25) is 0 Å². The Bertz CT molecular complexity index is 663. The zero-order chi connectivity index (χ0) is 17.7. The maximum Gasteiger partial charge on any atom is 0.338 e. The largest absolute Gasteiger partial charge is 0.461 e. The molecule has 1 heterocycles. The minimum Gasteiger partial charge on any atom is -0.461 e. The van der Waals surface area contributed by atoms with Crippen molar-refractivity contribution in [2.75, 3.05) is 25.2 Å². The molecule has 0 aromatic heterocycles. The second kappa shape index (κ2) is 8.44. The molecule has 1 aliphatic heterocycles. The Kier molecular flexibility index (Phi) is 6.57. The van der Waals surface area contributed by atoms with E-state index in [-0.39, 0.29) is 6.03 Å². The molecule has 1 aliphatic rings. The minimum atomic E-state index is -0.617. The number of rotatable bonds is 6. The van der Waals surface area contributed by atoms with Crippen molar-refractivity contribution in [3.63, 3.8) is 0 Å². The van der Waals surface area contributed by atoms with Crippen LogP contribution in [0.2, 0.25) is 5.02 Å². The van der Waals surface area contributed by atoms with E-state index in [1.807, 2.05) is 6.07 Å². The molecule has 1 aromatic rings. The Labute approximate surface area is 151 Å². The molecule has 0 aliphatic carbocycles. The van der Waals surface area contributed by atoms with Gasteiger partial charge in [0.15, 0.2) is 0 Å². The number of ether oxygens (including phenoxy) is 1. The molecule has 0 fully saturated rings. The number of carbonyl (C=O) groups is 2. The summed E-state index contributed by atoms with van der Waals surface area (Å²) >= 11 is 7.97. The molecule has 2 amide bonds. The van der Waals surface area contributed by atoms with E-state index in [1.165, 1.54) is 4.90 Å². The molecule has 0 saturated carbocycles. The fourth-order valence-electron chi connectivity index (χ4n) is 2.46. The molecule has 0 spiro atoms. The van der Waals surface area contributed by atoms with E-state index in [9.17, 15) is 9.59 Å². The Morgan fingerprint density at radius 2 is 2.12 bits per heavy atom. The first-order valence-electron chi connectivity index (χ1n) is 7.71. The SMILES string of the molecule is CCSCCOC(=O)C1=C(C)N(C)C(=O)N[C@@H]1c1ccccc1Cl. The van der Waals surface area contributed by atoms with Gasteiger partial charge in [-0.2, -0.15) is 11.8 Å². The molecule has 1 atom stereocenters. The van der Waals surface area contributed by atoms with Gasteiger partial charge in [0.05, 0.1) is 11.6 Å². The minimum absolute atomic E-state index is 0.282. The number of nitrogens with one attached hydrogen (secondary N) is 1. The third-order valence-electron chi connectivity index (χ3n) is 3.86. The van der Waals surface area contributed by atoms with Crippen molar-refractivity contribution in [3.8, 4) is 0 Å². The summed E-state index contributed by atoms with van der Waals surface area (Å²) in [7, 11) is 1.62. The Balaban J connectivity index is 2.32. The number of allylic oxidation sites excluding steroid dienone is 1. The summed E-state index contributed by atoms with van der Waals surface area (Å²) in [4.78, 5) is 26.2. The monoisotopic (exact) mass is 368 g/mol. The highest BCUT2D eigenvalue weighted by Gasteiger charge is 2.35. The number of hydrogen-bond acceptors (Lipinski definition) is 4. The lowest BCUT2D eigenvalue weighted by Crippen LogP contribution is -2.46. The number of thioether (sulfide) groups is 1. The number of nitrogens with zero attached hydrogens (tertiary/aromatic N) is 1. The van der Waals surface area contributed by atoms with Crippen LogP contribution in [0.3, 0.4) is 0 Å². The Hall–Kier alpha value is -1.66. The average molecular weight is 369 g/mol. The van der Waals surface area contributed by atoms with Gasteiger partial charge in [-0.15, -0.1) is 0 Å². The van der Waals surface area contributed by atoms with Crippen LogP contribution in [0.1, 0.15) is 25.5 Å². The first-order chi connectivity index (χ1) is 11.5. The van der Waals surface area contributed by atoms with Gasteiger partial charge in [0.1, 0.15) is 6.61 Å². The van der Waals surface area contributed by atoms with E-state index in [1.54, 1.807) is 43.9 Å². The van der Waals surface area contributed by atoms with E-state index in [0.717, 1.165) is 11.5 Å². The maximum atomic E-state index is 12.6. The molecule has 5 nitrogen and oxygen atoms in total. The molecule has 0 unspecified atom stereocenters. The van der Waals surface area contributed by atoms with Gasteiger partial charge < -0.3 is 15.0 Å². The average Bonchev–Trinajstić information content (AvgIpc) is 2.56. The summed E-state index contributed by atoms with van der Waals surface area (Å²) in [6.07, 6.45) is 0. The fraction of sp³-hybridized carbons (Fsp3) is 0.412. The molecule has 7 heteroatoms. The van der Waals surface area contributed by atoms with Gasteiger partial charge in [0, 0.05) is 23.5 Å². The number of carbonyl (C=O) groups excluding carboxylic acids is 2. The second-order valence-electron chi connectivity index (χ2n) is 5.29. The van der Waals surface area contributed by atoms with Gasteiger partial charge in [-0.05, 0) is 24.3 Å². The normalized spacial score (nSPS) is 17.8. The van der Waals surface area contributed by atoms with Crippen LogP contribution in [0, 0.1) is 0 Å². The molecule has 130 valence electrons. The van der Waals surface area contributed by atoms with Crippen LogP contribution < -0.4 is 5.32 Å². The molecule has 0 bridgehead atoms. The third-order valence-corrected chi connectivity index (χ3v) is 5.06. The van der Waals surface area contributed by atoms with Gasteiger partial charge in [-0.3, -0.25) is 0 Å². The van der Waals surface area contributed by atoms with Gasteiger partial charge >= 0.3 is 12.0 Å². The van der Waals surface area contributed by atoms with Crippen molar-refractivity contribution >= 4 is 35.4 Å². The topological polar surface area (TPSA) is 58.6 Å². The Morgan fingerprint density at radius 1 is 1.42 bits per heavy atom. The van der Waals surface area contributed by atoms with E-state index in [2.05, 4.69) is 12.2 Å². The molecule has 0 radical (unpaired) electrons. The highest BCUT2D eigenvalue weighted by molar-refractivity contribution is 7.99. The summed E-state index contributed by atoms with van der Waals surface area (Å²) in [5.74, 6) is 1.29. The van der Waals surface area contributed by atoms with E-state index in [0.29, 0.717) is 28.5 Å². The number of esters is 1. The summed E-state index contributed by atoms with van der Waals surface area (Å²) in [5.41, 5.74) is 1.65. The molecular formula is C17H21ClN2O3S. The lowest BCUT2D eigenvalue weighted by molar-refractivity contribution is -0.139. The molecular weight excluding hydrogens is 348 g/mol. The lowest BCUT2D eigenvalue weighted by atomic mass is 9.95. The summed E-state index contributed by atoms with van der Waals surface area (Å²) < 4.78 is 5.39. The number of urea groups is 1. The summed E-state index contributed by atoms with van der Waals surface area (Å²) in [6.45, 7) is 4.12. The third kappa shape index (κ3) is 4.05. The summed E-state index contributed by atoms with van der Waals surface area (Å²) in [5, 5.41) is 3.32. The second-order valence-corrected chi connectivity index (χ2v) is 7.10. The van der Waals surface area contributed by atoms with Gasteiger partial charge in [-0.1, -0.05) is 36.7 Å². The maximum absolute atomic E-state index is 12.6. The number of hydrogen-bond donors (Lipinski definition) is 1. The Morgan fingerprint density at radius 3 is 2.79 bits per heavy atom. The lowest BCUT2D eigenvalue weighted by Gasteiger charge is -2.33. The standard InChI is InChI=1S/C17H21ClN2O3S/c1-4-24-10-9-23-16(21)14-11(2)20(3)17(22)19-15(14)12-7-5-6-8-13(12)18/h5-8,15H,4,9-10H2,1-3H3,(H,19,22)/t15-/m1/s1. The van der Waals surface area contributed by atoms with Crippen LogP contribution in [0.4, 0.5) is 4.79 Å². The quantitative estimate of drug-likeness (QED) is 0.615. The van der Waals surface area contributed by atoms with Crippen molar-refractivity contribution in [1.82, 2.24) is 10.2 Å². The zero-order valence-electron chi connectivity index (χ0n) is 14.0. The first-order valence-corrected chi connectivity index (χ1v) is 9.24. The number of benzene rings is 1. The van der Waals surface area contributed by atoms with Crippen molar-refractivity contribution in [3.05, 3.63) is 46.1 Å². The zero-order valence-corrected chi connectivity index (χ0v) is 15.5. The fourth-order valence-corrected chi connectivity index (χ4v) is 3.19. The van der Waals surface area contributed by atoms with Crippen molar-refractivity contribution < 1.29 is 14.3 Å². The van der Waals surface area contributed by atoms with Crippen molar-refractivity contribution in [1.29, 1.82) is 0 Å². The molecule has 0 saturated heterocycles. The van der Waals surface area contributed by atoms with Crippen LogP contribution in [0.5, 0.6) is 0 Å². The van der Waals surface area contributed by atoms with Crippen LogP contribution >= 0.6 is 23.4 Å². The highest BCUT2D eigenvalue weighted by Crippen LogP contribution is 2.34. The van der Waals surface area contributed by atoms with Gasteiger partial charge in [0.25, 0.3) is 0 Å². The van der Waals surface area contributed by atoms with Crippen LogP contribution in [0.25, 0.3) is 0 Å². The smallest absolute Gasteiger partial charge is 0.338 e.